The molecule has 2 aliphatic heterocycles. The van der Waals surface area contributed by atoms with E-state index in [0.717, 1.165) is 35.0 Å². The van der Waals surface area contributed by atoms with Gasteiger partial charge in [0.1, 0.15) is 13.2 Å². The Balaban J connectivity index is 1.46. The first-order chi connectivity index (χ1) is 11.2. The Morgan fingerprint density at radius 2 is 2.00 bits per heavy atom. The van der Waals surface area contributed by atoms with E-state index in [1.54, 1.807) is 11.8 Å². The number of carbonyl (C=O) groups is 1. The van der Waals surface area contributed by atoms with Crippen LogP contribution in [0.1, 0.15) is 19.3 Å². The second-order valence-corrected chi connectivity index (χ2v) is 8.15. The van der Waals surface area contributed by atoms with Gasteiger partial charge in [-0.25, -0.2) is 0 Å². The molecule has 1 saturated heterocycles. The lowest BCUT2D eigenvalue weighted by molar-refractivity contribution is -0.131. The highest BCUT2D eigenvalue weighted by molar-refractivity contribution is 7.99. The molecule has 0 radical (unpaired) electrons. The minimum Gasteiger partial charge on any atom is -0.486 e. The summed E-state index contributed by atoms with van der Waals surface area (Å²) >= 11 is 3.69. The van der Waals surface area contributed by atoms with Crippen LogP contribution in [0.25, 0.3) is 0 Å². The fourth-order valence-corrected chi connectivity index (χ4v) is 4.77. The highest BCUT2D eigenvalue weighted by atomic mass is 32.2. The average Bonchev–Trinajstić information content (AvgIpc) is 2.61. The molecule has 2 heterocycles. The summed E-state index contributed by atoms with van der Waals surface area (Å²) in [5, 5.41) is 0. The molecule has 2 aliphatic rings. The molecule has 0 N–H and O–H groups in total. The molecular formula is C17H23NO3S2. The summed E-state index contributed by atoms with van der Waals surface area (Å²) in [6.07, 6.45) is 2.84. The maximum absolute atomic E-state index is 12.3. The average molecular weight is 354 g/mol. The topological polar surface area (TPSA) is 38.8 Å². The SMILES string of the molecule is CN(C(=O)CCSc1ccc2c(c1)OCCO2)C1CCSCC1. The van der Waals surface area contributed by atoms with Crippen molar-refractivity contribution in [3.8, 4) is 11.5 Å². The van der Waals surface area contributed by atoms with Crippen LogP contribution in [0, 0.1) is 0 Å². The first kappa shape index (κ1) is 16.8. The minimum absolute atomic E-state index is 0.256. The molecule has 126 valence electrons. The monoisotopic (exact) mass is 353 g/mol. The summed E-state index contributed by atoms with van der Waals surface area (Å²) in [6.45, 7) is 1.21. The van der Waals surface area contributed by atoms with Gasteiger partial charge in [0.25, 0.3) is 0 Å². The second kappa shape index (κ2) is 8.20. The summed E-state index contributed by atoms with van der Waals surface area (Å²) < 4.78 is 11.1. The van der Waals surface area contributed by atoms with E-state index in [0.29, 0.717) is 25.7 Å². The first-order valence-electron chi connectivity index (χ1n) is 8.10. The van der Waals surface area contributed by atoms with E-state index in [1.165, 1.54) is 11.5 Å². The van der Waals surface area contributed by atoms with Gasteiger partial charge in [-0.1, -0.05) is 0 Å². The van der Waals surface area contributed by atoms with Crippen molar-refractivity contribution in [1.29, 1.82) is 0 Å². The van der Waals surface area contributed by atoms with E-state index < -0.39 is 0 Å². The molecule has 0 spiro atoms. The van der Waals surface area contributed by atoms with Gasteiger partial charge in [0.2, 0.25) is 5.91 Å². The number of fused-ring (bicyclic) bond motifs is 1. The third kappa shape index (κ3) is 4.51. The van der Waals surface area contributed by atoms with Crippen molar-refractivity contribution in [2.24, 2.45) is 0 Å². The molecule has 0 saturated carbocycles. The number of nitrogens with zero attached hydrogens (tertiary/aromatic N) is 1. The lowest BCUT2D eigenvalue weighted by Crippen LogP contribution is -2.39. The molecule has 23 heavy (non-hydrogen) atoms. The Labute approximate surface area is 146 Å². The van der Waals surface area contributed by atoms with E-state index in [4.69, 9.17) is 9.47 Å². The summed E-state index contributed by atoms with van der Waals surface area (Å²) in [7, 11) is 1.96. The van der Waals surface area contributed by atoms with Crippen LogP contribution in [0.2, 0.25) is 0 Å². The van der Waals surface area contributed by atoms with Crippen LogP contribution >= 0.6 is 23.5 Å². The van der Waals surface area contributed by atoms with Crippen molar-refractivity contribution >= 4 is 29.4 Å². The van der Waals surface area contributed by atoms with Gasteiger partial charge in [0, 0.05) is 30.2 Å². The maximum atomic E-state index is 12.3. The van der Waals surface area contributed by atoms with Crippen LogP contribution in [0.3, 0.4) is 0 Å². The highest BCUT2D eigenvalue weighted by Gasteiger charge is 2.22. The third-order valence-electron chi connectivity index (χ3n) is 4.23. The van der Waals surface area contributed by atoms with Gasteiger partial charge in [0.15, 0.2) is 11.5 Å². The lowest BCUT2D eigenvalue weighted by Gasteiger charge is -2.31. The summed E-state index contributed by atoms with van der Waals surface area (Å²) in [5.41, 5.74) is 0. The van der Waals surface area contributed by atoms with Crippen LogP contribution in [-0.2, 0) is 4.79 Å². The smallest absolute Gasteiger partial charge is 0.223 e. The molecule has 1 amide bonds. The zero-order chi connectivity index (χ0) is 16.1. The molecule has 1 aromatic rings. The largest absolute Gasteiger partial charge is 0.486 e. The van der Waals surface area contributed by atoms with Crippen LogP contribution in [-0.4, -0.2) is 54.4 Å². The summed E-state index contributed by atoms with van der Waals surface area (Å²) in [6, 6.07) is 6.42. The molecule has 3 rings (SSSR count). The zero-order valence-corrected chi connectivity index (χ0v) is 15.1. The Hall–Kier alpha value is -1.01. The van der Waals surface area contributed by atoms with Gasteiger partial charge >= 0.3 is 0 Å². The number of rotatable bonds is 5. The highest BCUT2D eigenvalue weighted by Crippen LogP contribution is 2.34. The van der Waals surface area contributed by atoms with Crippen LogP contribution in [0.5, 0.6) is 11.5 Å². The first-order valence-corrected chi connectivity index (χ1v) is 10.2. The predicted octanol–water partition coefficient (Wildman–Crippen LogP) is 3.29. The number of ether oxygens (including phenoxy) is 2. The van der Waals surface area contributed by atoms with Gasteiger partial charge in [-0.3, -0.25) is 4.79 Å². The standard InChI is InChI=1S/C17H23NO3S2/c1-18(13-4-9-22-10-5-13)17(19)6-11-23-14-2-3-15-16(12-14)21-8-7-20-15/h2-3,12-13H,4-11H2,1H3. The Kier molecular flexibility index (Phi) is 6.00. The Morgan fingerprint density at radius 3 is 2.78 bits per heavy atom. The van der Waals surface area contributed by atoms with Crippen LogP contribution < -0.4 is 9.47 Å². The number of thioether (sulfide) groups is 2. The van der Waals surface area contributed by atoms with E-state index in [9.17, 15) is 4.79 Å². The number of amides is 1. The van der Waals surface area contributed by atoms with Crippen molar-refractivity contribution < 1.29 is 14.3 Å². The minimum atomic E-state index is 0.256. The summed E-state index contributed by atoms with van der Waals surface area (Å²) in [4.78, 5) is 15.4. The van der Waals surface area contributed by atoms with Gasteiger partial charge in [-0.15, -0.1) is 11.8 Å². The Bertz CT molecular complexity index is 547. The van der Waals surface area contributed by atoms with Crippen molar-refractivity contribution in [1.82, 2.24) is 4.90 Å². The Morgan fingerprint density at radius 1 is 1.26 bits per heavy atom. The van der Waals surface area contributed by atoms with E-state index in [2.05, 4.69) is 0 Å². The molecule has 0 aliphatic carbocycles. The van der Waals surface area contributed by atoms with Gasteiger partial charge in [-0.05, 0) is 42.5 Å². The molecular weight excluding hydrogens is 330 g/mol. The molecule has 0 unspecified atom stereocenters. The molecule has 4 nitrogen and oxygen atoms in total. The van der Waals surface area contributed by atoms with E-state index in [-0.39, 0.29) is 5.91 Å². The lowest BCUT2D eigenvalue weighted by atomic mass is 10.1. The van der Waals surface area contributed by atoms with Gasteiger partial charge in [-0.2, -0.15) is 11.8 Å². The van der Waals surface area contributed by atoms with E-state index in [1.807, 2.05) is 41.9 Å². The van der Waals surface area contributed by atoms with Crippen molar-refractivity contribution in [2.45, 2.75) is 30.2 Å². The fourth-order valence-electron chi connectivity index (χ4n) is 2.82. The fraction of sp³-hybridized carbons (Fsp3) is 0.588. The molecule has 0 bridgehead atoms. The molecule has 0 aromatic heterocycles. The third-order valence-corrected chi connectivity index (χ3v) is 6.27. The van der Waals surface area contributed by atoms with Crippen molar-refractivity contribution in [2.75, 3.05) is 37.5 Å². The van der Waals surface area contributed by atoms with Gasteiger partial charge in [0.05, 0.1) is 0 Å². The zero-order valence-electron chi connectivity index (χ0n) is 13.5. The van der Waals surface area contributed by atoms with Crippen LogP contribution in [0.15, 0.2) is 23.1 Å². The van der Waals surface area contributed by atoms with Crippen molar-refractivity contribution in [3.05, 3.63) is 18.2 Å². The number of benzene rings is 1. The number of carbonyl (C=O) groups excluding carboxylic acids is 1. The van der Waals surface area contributed by atoms with E-state index >= 15 is 0 Å². The van der Waals surface area contributed by atoms with Gasteiger partial charge < -0.3 is 14.4 Å². The summed E-state index contributed by atoms with van der Waals surface area (Å²) in [5.74, 6) is 5.02. The predicted molar refractivity (Wildman–Crippen MR) is 95.9 cm³/mol. The molecule has 1 fully saturated rings. The number of hydrogen-bond acceptors (Lipinski definition) is 5. The maximum Gasteiger partial charge on any atom is 0.223 e. The molecule has 6 heteroatoms. The normalized spacial score (nSPS) is 17.8. The molecule has 0 atom stereocenters. The molecule has 1 aromatic carbocycles. The van der Waals surface area contributed by atoms with Crippen molar-refractivity contribution in [3.63, 3.8) is 0 Å². The quantitative estimate of drug-likeness (QED) is 0.760. The van der Waals surface area contributed by atoms with Crippen LogP contribution in [0.4, 0.5) is 0 Å². The second-order valence-electron chi connectivity index (χ2n) is 5.75. The number of hydrogen-bond donors (Lipinski definition) is 0.